The Morgan fingerprint density at radius 1 is 1.33 bits per heavy atom. The lowest BCUT2D eigenvalue weighted by molar-refractivity contribution is 0.00161. The zero-order valence-corrected chi connectivity index (χ0v) is 14.6. The number of aromatic nitrogens is 1. The highest BCUT2D eigenvalue weighted by Gasteiger charge is 2.25. The van der Waals surface area contributed by atoms with Crippen molar-refractivity contribution in [3.63, 3.8) is 0 Å². The molecule has 1 aromatic heterocycles. The van der Waals surface area contributed by atoms with Crippen LogP contribution in [0.1, 0.15) is 43.5 Å². The molecule has 1 aliphatic heterocycles. The van der Waals surface area contributed by atoms with Gasteiger partial charge in [-0.15, -0.1) is 11.3 Å². The van der Waals surface area contributed by atoms with Gasteiger partial charge in [0.2, 0.25) is 0 Å². The Morgan fingerprint density at radius 3 is 2.90 bits per heavy atom. The molecule has 2 unspecified atom stereocenters. The summed E-state index contributed by atoms with van der Waals surface area (Å²) >= 11 is 5.27. The summed E-state index contributed by atoms with van der Waals surface area (Å²) in [5.74, 6) is 0.574. The number of hydrogen-bond donors (Lipinski definition) is 0. The molecule has 1 aliphatic rings. The second kappa shape index (κ2) is 7.03. The predicted molar refractivity (Wildman–Crippen MR) is 91.9 cm³/mol. The maximum atomic E-state index is 5.85. The fourth-order valence-corrected chi connectivity index (χ4v) is 4.10. The third-order valence-electron chi connectivity index (χ3n) is 3.99. The van der Waals surface area contributed by atoms with Crippen molar-refractivity contribution in [1.29, 1.82) is 0 Å². The molecule has 2 atom stereocenters. The van der Waals surface area contributed by atoms with E-state index in [0.717, 1.165) is 29.6 Å². The van der Waals surface area contributed by atoms with Crippen LogP contribution < -0.4 is 0 Å². The molecule has 0 bridgehead atoms. The Kier molecular flexibility index (Phi) is 5.09. The second-order valence-corrected chi connectivity index (χ2v) is 7.39. The standard InChI is InChI=1S/C17H20BrNOS/c1-2-3-15-10-13(8-9-20-15)17-19-16(11-21-17)12-4-6-14(18)7-5-12/h4-7,11,13,15H,2-3,8-10H2,1H3. The normalized spacial score (nSPS) is 22.4. The van der Waals surface area contributed by atoms with Gasteiger partial charge in [0.1, 0.15) is 0 Å². The minimum absolute atomic E-state index is 0.425. The SMILES string of the molecule is CCCC1CC(c2nc(-c3ccc(Br)cc3)cs2)CCO1. The van der Waals surface area contributed by atoms with Crippen LogP contribution in [0.2, 0.25) is 0 Å². The van der Waals surface area contributed by atoms with Gasteiger partial charge in [-0.25, -0.2) is 4.98 Å². The summed E-state index contributed by atoms with van der Waals surface area (Å²) in [6, 6.07) is 8.37. The maximum Gasteiger partial charge on any atom is 0.0965 e. The van der Waals surface area contributed by atoms with Crippen LogP contribution in [0.5, 0.6) is 0 Å². The van der Waals surface area contributed by atoms with E-state index in [1.807, 2.05) is 0 Å². The molecule has 2 heterocycles. The maximum absolute atomic E-state index is 5.85. The number of rotatable bonds is 4. The van der Waals surface area contributed by atoms with E-state index in [0.29, 0.717) is 12.0 Å². The van der Waals surface area contributed by atoms with Crippen molar-refractivity contribution < 1.29 is 4.74 Å². The largest absolute Gasteiger partial charge is 0.378 e. The quantitative estimate of drug-likeness (QED) is 0.699. The molecule has 0 aliphatic carbocycles. The molecule has 112 valence electrons. The zero-order valence-electron chi connectivity index (χ0n) is 12.2. The molecular formula is C17H20BrNOS. The molecule has 0 saturated carbocycles. The fraction of sp³-hybridized carbons (Fsp3) is 0.471. The lowest BCUT2D eigenvalue weighted by Crippen LogP contribution is -2.24. The summed E-state index contributed by atoms with van der Waals surface area (Å²) < 4.78 is 6.95. The average molecular weight is 366 g/mol. The summed E-state index contributed by atoms with van der Waals surface area (Å²) in [5.41, 5.74) is 2.29. The van der Waals surface area contributed by atoms with Gasteiger partial charge in [-0.2, -0.15) is 0 Å². The van der Waals surface area contributed by atoms with Crippen LogP contribution in [0.3, 0.4) is 0 Å². The second-order valence-electron chi connectivity index (χ2n) is 5.58. The summed E-state index contributed by atoms with van der Waals surface area (Å²) in [6.45, 7) is 3.10. The van der Waals surface area contributed by atoms with Crippen LogP contribution >= 0.6 is 27.3 Å². The van der Waals surface area contributed by atoms with Crippen molar-refractivity contribution in [2.24, 2.45) is 0 Å². The predicted octanol–water partition coefficient (Wildman–Crippen LogP) is 5.64. The molecular weight excluding hydrogens is 346 g/mol. The highest BCUT2D eigenvalue weighted by molar-refractivity contribution is 9.10. The summed E-state index contributed by atoms with van der Waals surface area (Å²) in [5, 5.41) is 3.46. The number of halogens is 1. The van der Waals surface area contributed by atoms with Gasteiger partial charge in [0.05, 0.1) is 16.8 Å². The lowest BCUT2D eigenvalue weighted by atomic mass is 9.94. The molecule has 2 nitrogen and oxygen atoms in total. The van der Waals surface area contributed by atoms with E-state index in [-0.39, 0.29) is 0 Å². The van der Waals surface area contributed by atoms with Gasteiger partial charge in [0.25, 0.3) is 0 Å². The van der Waals surface area contributed by atoms with Gasteiger partial charge in [0, 0.05) is 27.9 Å². The van der Waals surface area contributed by atoms with Crippen molar-refractivity contribution >= 4 is 27.3 Å². The molecule has 4 heteroatoms. The number of thiazole rings is 1. The topological polar surface area (TPSA) is 22.1 Å². The van der Waals surface area contributed by atoms with E-state index in [2.05, 4.69) is 52.5 Å². The summed E-state index contributed by atoms with van der Waals surface area (Å²) in [6.07, 6.45) is 5.02. The molecule has 21 heavy (non-hydrogen) atoms. The first-order chi connectivity index (χ1) is 10.3. The molecule has 0 N–H and O–H groups in total. The fourth-order valence-electron chi connectivity index (χ4n) is 2.86. The van der Waals surface area contributed by atoms with Crippen LogP contribution in [0.4, 0.5) is 0 Å². The first-order valence-electron chi connectivity index (χ1n) is 7.59. The first-order valence-corrected chi connectivity index (χ1v) is 9.26. The summed E-state index contributed by atoms with van der Waals surface area (Å²) in [4.78, 5) is 4.88. The molecule has 3 rings (SSSR count). The van der Waals surface area contributed by atoms with Crippen LogP contribution in [0.15, 0.2) is 34.1 Å². The number of hydrogen-bond acceptors (Lipinski definition) is 3. The van der Waals surface area contributed by atoms with Crippen molar-refractivity contribution in [3.8, 4) is 11.3 Å². The highest BCUT2D eigenvalue weighted by atomic mass is 79.9. The molecule has 0 spiro atoms. The Bertz CT molecular complexity index is 579. The Hall–Kier alpha value is -0.710. The van der Waals surface area contributed by atoms with Crippen molar-refractivity contribution in [1.82, 2.24) is 4.98 Å². The number of benzene rings is 1. The average Bonchev–Trinajstić information content (AvgIpc) is 2.98. The number of ether oxygens (including phenoxy) is 1. The van der Waals surface area contributed by atoms with Crippen LogP contribution in [0.25, 0.3) is 11.3 Å². The number of nitrogens with zero attached hydrogens (tertiary/aromatic N) is 1. The third kappa shape index (κ3) is 3.74. The molecule has 0 amide bonds. The Balaban J connectivity index is 1.73. The minimum Gasteiger partial charge on any atom is -0.378 e. The van der Waals surface area contributed by atoms with Crippen LogP contribution in [0, 0.1) is 0 Å². The highest BCUT2D eigenvalue weighted by Crippen LogP contribution is 2.35. The van der Waals surface area contributed by atoms with Gasteiger partial charge in [-0.05, 0) is 31.4 Å². The van der Waals surface area contributed by atoms with E-state index in [4.69, 9.17) is 9.72 Å². The first kappa shape index (κ1) is 15.2. The molecule has 0 radical (unpaired) electrons. The van der Waals surface area contributed by atoms with E-state index < -0.39 is 0 Å². The Morgan fingerprint density at radius 2 is 2.14 bits per heavy atom. The van der Waals surface area contributed by atoms with Crippen molar-refractivity contribution in [3.05, 3.63) is 39.1 Å². The minimum atomic E-state index is 0.425. The third-order valence-corrected chi connectivity index (χ3v) is 5.52. The van der Waals surface area contributed by atoms with Gasteiger partial charge in [-0.1, -0.05) is 41.4 Å². The summed E-state index contributed by atoms with van der Waals surface area (Å²) in [7, 11) is 0. The van der Waals surface area contributed by atoms with Crippen molar-refractivity contribution in [2.75, 3.05) is 6.61 Å². The van der Waals surface area contributed by atoms with E-state index in [1.165, 1.54) is 23.4 Å². The van der Waals surface area contributed by atoms with Crippen LogP contribution in [-0.2, 0) is 4.74 Å². The zero-order chi connectivity index (χ0) is 14.7. The van der Waals surface area contributed by atoms with Gasteiger partial charge in [-0.3, -0.25) is 0 Å². The molecule has 1 aromatic carbocycles. The lowest BCUT2D eigenvalue weighted by Gasteiger charge is -2.28. The van der Waals surface area contributed by atoms with E-state index in [1.54, 1.807) is 11.3 Å². The van der Waals surface area contributed by atoms with Gasteiger partial charge >= 0.3 is 0 Å². The van der Waals surface area contributed by atoms with Gasteiger partial charge < -0.3 is 4.74 Å². The smallest absolute Gasteiger partial charge is 0.0965 e. The van der Waals surface area contributed by atoms with Crippen LogP contribution in [-0.4, -0.2) is 17.7 Å². The van der Waals surface area contributed by atoms with Crippen molar-refractivity contribution in [2.45, 2.75) is 44.6 Å². The van der Waals surface area contributed by atoms with Gasteiger partial charge in [0.15, 0.2) is 0 Å². The molecule has 1 saturated heterocycles. The molecule has 2 aromatic rings. The van der Waals surface area contributed by atoms with E-state index >= 15 is 0 Å². The van der Waals surface area contributed by atoms with E-state index in [9.17, 15) is 0 Å². The molecule has 1 fully saturated rings. The monoisotopic (exact) mass is 365 g/mol. The Labute approximate surface area is 138 Å².